The Morgan fingerprint density at radius 2 is 1.69 bits per heavy atom. The monoisotopic (exact) mass is 346 g/mol. The van der Waals surface area contributed by atoms with Crippen molar-refractivity contribution < 1.29 is 0 Å². The van der Waals surface area contributed by atoms with Crippen molar-refractivity contribution in [2.24, 2.45) is 0 Å². The third-order valence-electron chi connectivity index (χ3n) is 5.22. The number of aromatic nitrogens is 1. The number of anilines is 1. The highest BCUT2D eigenvalue weighted by atomic mass is 15.2. The summed E-state index contributed by atoms with van der Waals surface area (Å²) in [5, 5.41) is 4.72. The number of piperazine rings is 1. The maximum absolute atomic E-state index is 4.56. The van der Waals surface area contributed by atoms with Crippen LogP contribution in [0.1, 0.15) is 17.2 Å². The molecular formula is C22H26N4. The van der Waals surface area contributed by atoms with Gasteiger partial charge in [0.15, 0.2) is 0 Å². The molecule has 0 saturated carbocycles. The van der Waals surface area contributed by atoms with Crippen LogP contribution < -0.4 is 10.2 Å². The minimum atomic E-state index is 0.251. The molecule has 1 aliphatic rings. The molecule has 134 valence electrons. The van der Waals surface area contributed by atoms with E-state index in [2.05, 4.69) is 88.8 Å². The second-order valence-corrected chi connectivity index (χ2v) is 7.09. The van der Waals surface area contributed by atoms with Gasteiger partial charge >= 0.3 is 0 Å². The van der Waals surface area contributed by atoms with Crippen LogP contribution in [0.3, 0.4) is 0 Å². The first kappa shape index (κ1) is 17.0. The van der Waals surface area contributed by atoms with Crippen molar-refractivity contribution in [3.63, 3.8) is 0 Å². The van der Waals surface area contributed by atoms with Gasteiger partial charge in [0.2, 0.25) is 0 Å². The summed E-state index contributed by atoms with van der Waals surface area (Å²) in [5.74, 6) is 0. The fraction of sp³-hybridized carbons (Fsp3) is 0.318. The van der Waals surface area contributed by atoms with E-state index < -0.39 is 0 Å². The fourth-order valence-electron chi connectivity index (χ4n) is 3.84. The zero-order valence-electron chi connectivity index (χ0n) is 15.5. The highest BCUT2D eigenvalue weighted by Crippen LogP contribution is 2.33. The van der Waals surface area contributed by atoms with E-state index in [1.807, 2.05) is 6.20 Å². The van der Waals surface area contributed by atoms with Crippen LogP contribution in [-0.4, -0.2) is 50.2 Å². The number of hydrogen-bond donors (Lipinski definition) is 1. The molecule has 0 aliphatic carbocycles. The van der Waals surface area contributed by atoms with Gasteiger partial charge in [-0.05, 0) is 35.4 Å². The summed E-state index contributed by atoms with van der Waals surface area (Å²) in [6.07, 6.45) is 1.95. The number of rotatable bonds is 4. The molecule has 0 bridgehead atoms. The molecule has 1 atom stereocenters. The third-order valence-corrected chi connectivity index (χ3v) is 5.22. The predicted octanol–water partition coefficient (Wildman–Crippen LogP) is 3.30. The van der Waals surface area contributed by atoms with Crippen LogP contribution in [0, 0.1) is 0 Å². The van der Waals surface area contributed by atoms with Crippen LogP contribution in [0.5, 0.6) is 0 Å². The maximum Gasteiger partial charge on any atom is 0.0705 e. The second kappa shape index (κ2) is 7.44. The van der Waals surface area contributed by atoms with Gasteiger partial charge in [-0.3, -0.25) is 9.88 Å². The van der Waals surface area contributed by atoms with Crippen molar-refractivity contribution in [1.82, 2.24) is 15.2 Å². The van der Waals surface area contributed by atoms with Crippen LogP contribution in [0.15, 0.2) is 60.8 Å². The van der Waals surface area contributed by atoms with Crippen LogP contribution >= 0.6 is 0 Å². The van der Waals surface area contributed by atoms with E-state index in [0.717, 1.165) is 31.7 Å². The Morgan fingerprint density at radius 1 is 0.962 bits per heavy atom. The largest absolute Gasteiger partial charge is 0.378 e. The average Bonchev–Trinajstić information content (AvgIpc) is 2.70. The molecule has 1 aliphatic heterocycles. The summed E-state index contributed by atoms with van der Waals surface area (Å²) in [6, 6.07) is 19.9. The summed E-state index contributed by atoms with van der Waals surface area (Å²) in [4.78, 5) is 9.29. The van der Waals surface area contributed by atoms with Gasteiger partial charge in [0.1, 0.15) is 0 Å². The van der Waals surface area contributed by atoms with Gasteiger partial charge in [-0.25, -0.2) is 0 Å². The van der Waals surface area contributed by atoms with E-state index in [0.29, 0.717) is 0 Å². The molecule has 1 N–H and O–H groups in total. The van der Waals surface area contributed by atoms with Crippen LogP contribution in [0.2, 0.25) is 0 Å². The molecule has 2 aromatic carbocycles. The average molecular weight is 346 g/mol. The van der Waals surface area contributed by atoms with Gasteiger partial charge in [0.05, 0.1) is 11.6 Å². The van der Waals surface area contributed by atoms with Crippen molar-refractivity contribution in [3.05, 3.63) is 71.9 Å². The Hall–Kier alpha value is -2.43. The molecule has 2 heterocycles. The number of para-hydroxylation sites is 1. The van der Waals surface area contributed by atoms with Crippen molar-refractivity contribution >= 4 is 16.6 Å². The third kappa shape index (κ3) is 3.30. The van der Waals surface area contributed by atoms with Crippen molar-refractivity contribution in [2.45, 2.75) is 6.04 Å². The highest BCUT2D eigenvalue weighted by molar-refractivity contribution is 5.82. The van der Waals surface area contributed by atoms with Crippen LogP contribution in [0.4, 0.5) is 5.69 Å². The lowest BCUT2D eigenvalue weighted by Gasteiger charge is -2.36. The Labute approximate surface area is 155 Å². The van der Waals surface area contributed by atoms with Crippen LogP contribution in [-0.2, 0) is 0 Å². The predicted molar refractivity (Wildman–Crippen MR) is 109 cm³/mol. The lowest BCUT2D eigenvalue weighted by atomic mass is 9.93. The molecular weight excluding hydrogens is 320 g/mol. The fourth-order valence-corrected chi connectivity index (χ4v) is 3.84. The minimum absolute atomic E-state index is 0.251. The molecule has 0 spiro atoms. The molecule has 3 aromatic rings. The van der Waals surface area contributed by atoms with Crippen molar-refractivity contribution in [3.8, 4) is 0 Å². The lowest BCUT2D eigenvalue weighted by Crippen LogP contribution is -2.45. The standard InChI is InChI=1S/C22H26N4/c1-25(2)18-9-7-17(8-10-18)22(26-15-13-23-14-16-26)20-11-12-24-21-6-4-3-5-19(20)21/h3-12,22-23H,13-16H2,1-2H3. The molecule has 1 fully saturated rings. The highest BCUT2D eigenvalue weighted by Gasteiger charge is 2.25. The minimum Gasteiger partial charge on any atom is -0.378 e. The zero-order valence-corrected chi connectivity index (χ0v) is 15.5. The molecule has 0 amide bonds. The summed E-state index contributed by atoms with van der Waals surface area (Å²) in [7, 11) is 4.17. The molecule has 1 unspecified atom stereocenters. The van der Waals surface area contributed by atoms with Gasteiger partial charge in [0, 0.05) is 57.5 Å². The van der Waals surface area contributed by atoms with Gasteiger partial charge in [0.25, 0.3) is 0 Å². The van der Waals surface area contributed by atoms with Gasteiger partial charge in [-0.1, -0.05) is 30.3 Å². The first-order valence-corrected chi connectivity index (χ1v) is 9.30. The molecule has 4 nitrogen and oxygen atoms in total. The molecule has 1 saturated heterocycles. The number of nitrogens with zero attached hydrogens (tertiary/aromatic N) is 3. The van der Waals surface area contributed by atoms with Gasteiger partial charge in [-0.15, -0.1) is 0 Å². The Morgan fingerprint density at radius 3 is 2.42 bits per heavy atom. The van der Waals surface area contributed by atoms with Gasteiger partial charge < -0.3 is 10.2 Å². The molecule has 4 heteroatoms. The number of fused-ring (bicyclic) bond motifs is 1. The molecule has 4 rings (SSSR count). The Kier molecular flexibility index (Phi) is 4.87. The SMILES string of the molecule is CN(C)c1ccc(C(c2ccnc3ccccc23)N2CCNCC2)cc1. The number of pyridine rings is 1. The normalized spacial score (nSPS) is 16.5. The molecule has 1 aromatic heterocycles. The topological polar surface area (TPSA) is 31.4 Å². The summed E-state index contributed by atoms with van der Waals surface area (Å²) in [6.45, 7) is 4.18. The second-order valence-electron chi connectivity index (χ2n) is 7.09. The Bertz CT molecular complexity index is 861. The lowest BCUT2D eigenvalue weighted by molar-refractivity contribution is 0.199. The number of hydrogen-bond acceptors (Lipinski definition) is 4. The van der Waals surface area contributed by atoms with E-state index in [9.17, 15) is 0 Å². The van der Waals surface area contributed by atoms with Gasteiger partial charge in [-0.2, -0.15) is 0 Å². The van der Waals surface area contributed by atoms with E-state index in [-0.39, 0.29) is 6.04 Å². The van der Waals surface area contributed by atoms with Crippen LogP contribution in [0.25, 0.3) is 10.9 Å². The first-order valence-electron chi connectivity index (χ1n) is 9.30. The maximum atomic E-state index is 4.56. The van der Waals surface area contributed by atoms with E-state index >= 15 is 0 Å². The van der Waals surface area contributed by atoms with E-state index in [4.69, 9.17) is 0 Å². The summed E-state index contributed by atoms with van der Waals surface area (Å²) < 4.78 is 0. The number of benzene rings is 2. The van der Waals surface area contributed by atoms with E-state index in [1.165, 1.54) is 22.2 Å². The quantitative estimate of drug-likeness (QED) is 0.785. The first-order chi connectivity index (χ1) is 12.7. The number of nitrogens with one attached hydrogen (secondary N) is 1. The van der Waals surface area contributed by atoms with E-state index in [1.54, 1.807) is 0 Å². The summed E-state index contributed by atoms with van der Waals surface area (Å²) in [5.41, 5.74) is 4.98. The molecule has 26 heavy (non-hydrogen) atoms. The Balaban J connectivity index is 1.82. The zero-order chi connectivity index (χ0) is 17.9. The summed E-state index contributed by atoms with van der Waals surface area (Å²) >= 11 is 0. The smallest absolute Gasteiger partial charge is 0.0705 e. The van der Waals surface area contributed by atoms with Crippen molar-refractivity contribution in [1.29, 1.82) is 0 Å². The molecule has 0 radical (unpaired) electrons. The van der Waals surface area contributed by atoms with Crippen molar-refractivity contribution in [2.75, 3.05) is 45.2 Å².